The lowest BCUT2D eigenvalue weighted by atomic mass is 9.75. The molecule has 16 heavy (non-hydrogen) atoms. The van der Waals surface area contributed by atoms with Crippen LogP contribution in [0.3, 0.4) is 0 Å². The molecule has 0 aromatic rings. The highest BCUT2D eigenvalue weighted by atomic mass is 15.0. The minimum absolute atomic E-state index is 0.877. The zero-order valence-electron chi connectivity index (χ0n) is 10.8. The second-order valence-corrected chi connectivity index (χ2v) is 6.68. The van der Waals surface area contributed by atoms with Crippen LogP contribution < -0.4 is 5.32 Å². The van der Waals surface area contributed by atoms with Gasteiger partial charge in [-0.05, 0) is 56.3 Å². The molecule has 5 atom stereocenters. The van der Waals surface area contributed by atoms with Gasteiger partial charge in [0.05, 0.1) is 0 Å². The Bertz CT molecular complexity index is 238. The van der Waals surface area contributed by atoms with Gasteiger partial charge in [0.15, 0.2) is 0 Å². The molecule has 0 aromatic carbocycles. The van der Waals surface area contributed by atoms with Crippen LogP contribution >= 0.6 is 0 Å². The van der Waals surface area contributed by atoms with E-state index in [0.717, 1.165) is 29.8 Å². The molecule has 3 rings (SSSR count). The summed E-state index contributed by atoms with van der Waals surface area (Å²) in [4.78, 5) is 0. The zero-order valence-corrected chi connectivity index (χ0v) is 10.8. The van der Waals surface area contributed by atoms with E-state index in [9.17, 15) is 0 Å². The van der Waals surface area contributed by atoms with Crippen molar-refractivity contribution in [3.8, 4) is 0 Å². The van der Waals surface area contributed by atoms with Gasteiger partial charge in [0.25, 0.3) is 0 Å². The first-order valence-corrected chi connectivity index (χ1v) is 7.59. The summed E-state index contributed by atoms with van der Waals surface area (Å²) in [6.45, 7) is 2.45. The van der Waals surface area contributed by atoms with Crippen molar-refractivity contribution in [3.05, 3.63) is 0 Å². The lowest BCUT2D eigenvalue weighted by Crippen LogP contribution is -2.49. The van der Waals surface area contributed by atoms with Gasteiger partial charge in [-0.2, -0.15) is 0 Å². The fourth-order valence-electron chi connectivity index (χ4n) is 4.57. The quantitative estimate of drug-likeness (QED) is 0.711. The summed E-state index contributed by atoms with van der Waals surface area (Å²) in [5, 5.41) is 4.01. The Morgan fingerprint density at radius 2 is 1.50 bits per heavy atom. The largest absolute Gasteiger partial charge is 0.311 e. The van der Waals surface area contributed by atoms with E-state index in [1.54, 1.807) is 0 Å². The van der Waals surface area contributed by atoms with E-state index in [-0.39, 0.29) is 0 Å². The number of fused-ring (bicyclic) bond motifs is 1. The van der Waals surface area contributed by atoms with Crippen molar-refractivity contribution >= 4 is 0 Å². The summed E-state index contributed by atoms with van der Waals surface area (Å²) in [6, 6.07) is 1.78. The maximum Gasteiger partial charge on any atom is 0.00982 e. The molecule has 1 saturated heterocycles. The standard InChI is InChI=1S/C15H27N/c1-11-4-2-6-13(10-11)15-9-8-12-5-3-7-14(12)16-15/h11-16H,2-10H2,1H3. The Kier molecular flexibility index (Phi) is 3.24. The van der Waals surface area contributed by atoms with Crippen molar-refractivity contribution in [2.75, 3.05) is 0 Å². The van der Waals surface area contributed by atoms with Crippen LogP contribution in [0.5, 0.6) is 0 Å². The van der Waals surface area contributed by atoms with E-state index >= 15 is 0 Å². The van der Waals surface area contributed by atoms with Crippen molar-refractivity contribution < 1.29 is 0 Å². The second kappa shape index (κ2) is 4.68. The summed E-state index contributed by atoms with van der Waals surface area (Å²) in [5.41, 5.74) is 0. The monoisotopic (exact) mass is 221 g/mol. The molecule has 3 aliphatic rings. The number of nitrogens with one attached hydrogen (secondary N) is 1. The minimum Gasteiger partial charge on any atom is -0.311 e. The number of piperidine rings is 1. The molecule has 1 nitrogen and oxygen atoms in total. The summed E-state index contributed by atoms with van der Waals surface area (Å²) < 4.78 is 0. The highest BCUT2D eigenvalue weighted by Crippen LogP contribution is 2.39. The molecule has 1 aliphatic heterocycles. The summed E-state index contributed by atoms with van der Waals surface area (Å²) >= 11 is 0. The Morgan fingerprint density at radius 1 is 0.750 bits per heavy atom. The van der Waals surface area contributed by atoms with Gasteiger partial charge in [0.1, 0.15) is 0 Å². The molecular formula is C15H27N. The first-order chi connectivity index (χ1) is 7.83. The Morgan fingerprint density at radius 3 is 2.38 bits per heavy atom. The fraction of sp³-hybridized carbons (Fsp3) is 1.00. The Hall–Kier alpha value is -0.0400. The fourth-order valence-corrected chi connectivity index (χ4v) is 4.57. The maximum absolute atomic E-state index is 4.01. The van der Waals surface area contributed by atoms with E-state index < -0.39 is 0 Å². The third kappa shape index (κ3) is 2.16. The van der Waals surface area contributed by atoms with Crippen LogP contribution in [0.25, 0.3) is 0 Å². The second-order valence-electron chi connectivity index (χ2n) is 6.68. The summed E-state index contributed by atoms with van der Waals surface area (Å²) in [7, 11) is 0. The van der Waals surface area contributed by atoms with Crippen LogP contribution in [0.15, 0.2) is 0 Å². The molecular weight excluding hydrogens is 194 g/mol. The van der Waals surface area contributed by atoms with Gasteiger partial charge in [-0.15, -0.1) is 0 Å². The lowest BCUT2D eigenvalue weighted by molar-refractivity contribution is 0.157. The van der Waals surface area contributed by atoms with E-state index in [4.69, 9.17) is 0 Å². The smallest absolute Gasteiger partial charge is 0.00982 e. The molecule has 1 N–H and O–H groups in total. The molecule has 92 valence electrons. The number of hydrogen-bond acceptors (Lipinski definition) is 1. The minimum atomic E-state index is 0.877. The first-order valence-electron chi connectivity index (χ1n) is 7.59. The number of rotatable bonds is 1. The molecule has 0 amide bonds. The molecule has 2 aliphatic carbocycles. The lowest BCUT2D eigenvalue weighted by Gasteiger charge is -2.40. The molecule has 1 heterocycles. The van der Waals surface area contributed by atoms with Gasteiger partial charge in [-0.25, -0.2) is 0 Å². The van der Waals surface area contributed by atoms with Crippen molar-refractivity contribution in [2.45, 2.75) is 76.8 Å². The average Bonchev–Trinajstić information content (AvgIpc) is 2.75. The predicted octanol–water partition coefficient (Wildman–Crippen LogP) is 3.73. The van der Waals surface area contributed by atoms with Crippen LogP contribution in [0.2, 0.25) is 0 Å². The number of hydrogen-bond donors (Lipinski definition) is 1. The van der Waals surface area contributed by atoms with Crippen LogP contribution in [0.1, 0.15) is 64.7 Å². The molecule has 3 fully saturated rings. The van der Waals surface area contributed by atoms with Gasteiger partial charge >= 0.3 is 0 Å². The Balaban J connectivity index is 1.58. The van der Waals surface area contributed by atoms with Gasteiger partial charge in [0.2, 0.25) is 0 Å². The first kappa shape index (κ1) is 11.1. The van der Waals surface area contributed by atoms with Gasteiger partial charge in [0, 0.05) is 12.1 Å². The van der Waals surface area contributed by atoms with Gasteiger partial charge in [-0.3, -0.25) is 0 Å². The van der Waals surface area contributed by atoms with Crippen LogP contribution in [0, 0.1) is 17.8 Å². The van der Waals surface area contributed by atoms with E-state index in [0.29, 0.717) is 0 Å². The molecule has 0 bridgehead atoms. The molecule has 0 spiro atoms. The van der Waals surface area contributed by atoms with Crippen molar-refractivity contribution in [1.82, 2.24) is 5.32 Å². The molecule has 0 aromatic heterocycles. The van der Waals surface area contributed by atoms with Gasteiger partial charge < -0.3 is 5.32 Å². The van der Waals surface area contributed by atoms with Crippen molar-refractivity contribution in [2.24, 2.45) is 17.8 Å². The molecule has 0 radical (unpaired) electrons. The molecule has 1 heteroatoms. The predicted molar refractivity (Wildman–Crippen MR) is 68.4 cm³/mol. The molecule has 2 saturated carbocycles. The van der Waals surface area contributed by atoms with Crippen molar-refractivity contribution in [3.63, 3.8) is 0 Å². The van der Waals surface area contributed by atoms with Crippen LogP contribution in [-0.4, -0.2) is 12.1 Å². The maximum atomic E-state index is 4.01. The summed E-state index contributed by atoms with van der Waals surface area (Å²) in [6.07, 6.45) is 13.4. The van der Waals surface area contributed by atoms with E-state index in [1.165, 1.54) is 57.8 Å². The van der Waals surface area contributed by atoms with Gasteiger partial charge in [-0.1, -0.05) is 26.2 Å². The van der Waals surface area contributed by atoms with Crippen LogP contribution in [-0.2, 0) is 0 Å². The molecule has 5 unspecified atom stereocenters. The van der Waals surface area contributed by atoms with Crippen LogP contribution in [0.4, 0.5) is 0 Å². The summed E-state index contributed by atoms with van der Waals surface area (Å²) in [5.74, 6) is 3.03. The van der Waals surface area contributed by atoms with E-state index in [1.807, 2.05) is 0 Å². The zero-order chi connectivity index (χ0) is 11.0. The average molecular weight is 221 g/mol. The van der Waals surface area contributed by atoms with E-state index in [2.05, 4.69) is 12.2 Å². The third-order valence-corrected chi connectivity index (χ3v) is 5.48. The highest BCUT2D eigenvalue weighted by Gasteiger charge is 2.36. The SMILES string of the molecule is CC1CCCC(C2CCC3CCCC3N2)C1. The van der Waals surface area contributed by atoms with Crippen molar-refractivity contribution in [1.29, 1.82) is 0 Å². The highest BCUT2D eigenvalue weighted by molar-refractivity contribution is 4.94. The topological polar surface area (TPSA) is 12.0 Å². The Labute approximate surface area is 100 Å². The normalized spacial score (nSPS) is 48.9. The third-order valence-electron chi connectivity index (χ3n) is 5.48.